The van der Waals surface area contributed by atoms with E-state index >= 15 is 0 Å². The summed E-state index contributed by atoms with van der Waals surface area (Å²) in [5.74, 6) is -0.965. The number of carbonyl (C=O) groups is 3. The van der Waals surface area contributed by atoms with Gasteiger partial charge < -0.3 is 14.2 Å². The molecule has 0 bridgehead atoms. The van der Waals surface area contributed by atoms with E-state index in [-0.39, 0.29) is 31.1 Å². The molecule has 57 heavy (non-hydrogen) atoms. The van der Waals surface area contributed by atoms with Gasteiger partial charge >= 0.3 is 17.9 Å². The lowest BCUT2D eigenvalue weighted by atomic mass is 10.1. The highest BCUT2D eigenvalue weighted by atomic mass is 16.6. The number of esters is 3. The van der Waals surface area contributed by atoms with Crippen LogP contribution in [0.25, 0.3) is 0 Å². The van der Waals surface area contributed by atoms with Gasteiger partial charge in [0.1, 0.15) is 13.2 Å². The lowest BCUT2D eigenvalue weighted by molar-refractivity contribution is -0.167. The van der Waals surface area contributed by atoms with E-state index in [0.717, 1.165) is 83.5 Å². The highest BCUT2D eigenvalue weighted by Gasteiger charge is 2.19. The minimum atomic E-state index is -0.797. The van der Waals surface area contributed by atoms with E-state index < -0.39 is 6.10 Å². The molecular weight excluding hydrogens is 709 g/mol. The maximum atomic E-state index is 12.7. The van der Waals surface area contributed by atoms with Crippen LogP contribution in [0.5, 0.6) is 0 Å². The van der Waals surface area contributed by atoms with Crippen molar-refractivity contribution >= 4 is 17.9 Å². The molecule has 0 aliphatic rings. The predicted molar refractivity (Wildman–Crippen MR) is 242 cm³/mol. The average molecular weight is 791 g/mol. The lowest BCUT2D eigenvalue weighted by Gasteiger charge is -2.18. The molecule has 6 nitrogen and oxygen atoms in total. The summed E-state index contributed by atoms with van der Waals surface area (Å²) in [7, 11) is 0. The van der Waals surface area contributed by atoms with Gasteiger partial charge in [-0.25, -0.2) is 0 Å². The summed E-state index contributed by atoms with van der Waals surface area (Å²) < 4.78 is 16.6. The van der Waals surface area contributed by atoms with Crippen LogP contribution in [0.4, 0.5) is 0 Å². The molecule has 0 spiro atoms. The van der Waals surface area contributed by atoms with Crippen molar-refractivity contribution in [3.63, 3.8) is 0 Å². The van der Waals surface area contributed by atoms with Crippen LogP contribution in [0.2, 0.25) is 0 Å². The summed E-state index contributed by atoms with van der Waals surface area (Å²) in [5, 5.41) is 0. The molecule has 0 aromatic carbocycles. The largest absolute Gasteiger partial charge is 0.462 e. The number of hydrogen-bond acceptors (Lipinski definition) is 6. The number of rotatable bonds is 39. The first kappa shape index (κ1) is 53.3. The van der Waals surface area contributed by atoms with Crippen molar-refractivity contribution < 1.29 is 28.6 Å². The molecule has 1 atom stereocenters. The number of ether oxygens (including phenoxy) is 3. The first-order valence-electron chi connectivity index (χ1n) is 22.8. The Morgan fingerprint density at radius 1 is 0.368 bits per heavy atom. The molecule has 0 rings (SSSR count). The Labute approximate surface area is 349 Å². The molecule has 0 saturated carbocycles. The van der Waals surface area contributed by atoms with E-state index in [1.165, 1.54) is 64.2 Å². The molecule has 0 fully saturated rings. The Kier molecular flexibility index (Phi) is 42.1. The number of carbonyl (C=O) groups excluding carboxylic acids is 3. The summed E-state index contributed by atoms with van der Waals surface area (Å²) in [6, 6.07) is 0. The van der Waals surface area contributed by atoms with Crippen LogP contribution in [0.1, 0.15) is 188 Å². The number of hydrogen-bond donors (Lipinski definition) is 0. The molecule has 322 valence electrons. The molecule has 6 heteroatoms. The van der Waals surface area contributed by atoms with Crippen molar-refractivity contribution in [3.05, 3.63) is 97.2 Å². The minimum Gasteiger partial charge on any atom is -0.462 e. The second-order valence-corrected chi connectivity index (χ2v) is 14.8. The van der Waals surface area contributed by atoms with Gasteiger partial charge in [-0.05, 0) is 57.8 Å². The van der Waals surface area contributed by atoms with Crippen molar-refractivity contribution in [2.24, 2.45) is 0 Å². The van der Waals surface area contributed by atoms with Gasteiger partial charge in [-0.3, -0.25) is 14.4 Å². The fourth-order valence-electron chi connectivity index (χ4n) is 5.82. The van der Waals surface area contributed by atoms with Gasteiger partial charge in [-0.2, -0.15) is 0 Å². The Balaban J connectivity index is 4.47. The van der Waals surface area contributed by atoms with Gasteiger partial charge in [0.25, 0.3) is 0 Å². The fraction of sp³-hybridized carbons (Fsp3) is 0.627. The Hall–Kier alpha value is -3.67. The topological polar surface area (TPSA) is 78.9 Å². The molecule has 1 unspecified atom stereocenters. The normalized spacial score (nSPS) is 13.0. The van der Waals surface area contributed by atoms with Crippen molar-refractivity contribution in [1.29, 1.82) is 0 Å². The van der Waals surface area contributed by atoms with Gasteiger partial charge in [-0.1, -0.05) is 208 Å². The molecule has 0 aliphatic heterocycles. The molecule has 0 heterocycles. The molecule has 0 aromatic rings. The summed E-state index contributed by atoms with van der Waals surface area (Å²) in [4.78, 5) is 37.7. The Bertz CT molecular complexity index is 1180. The van der Waals surface area contributed by atoms with Crippen molar-refractivity contribution in [2.45, 2.75) is 194 Å². The number of unbranched alkanes of at least 4 members (excludes halogenated alkanes) is 18. The minimum absolute atomic E-state index is 0.0963. The second-order valence-electron chi connectivity index (χ2n) is 14.8. The van der Waals surface area contributed by atoms with Crippen molar-refractivity contribution in [2.75, 3.05) is 13.2 Å². The van der Waals surface area contributed by atoms with Crippen molar-refractivity contribution in [1.82, 2.24) is 0 Å². The lowest BCUT2D eigenvalue weighted by Crippen LogP contribution is -2.30. The zero-order valence-corrected chi connectivity index (χ0v) is 36.6. The average Bonchev–Trinajstić information content (AvgIpc) is 3.21. The fourth-order valence-corrected chi connectivity index (χ4v) is 5.82. The van der Waals surface area contributed by atoms with Crippen LogP contribution in [0.15, 0.2) is 97.2 Å². The van der Waals surface area contributed by atoms with Gasteiger partial charge in [0.05, 0.1) is 0 Å². The highest BCUT2D eigenvalue weighted by Crippen LogP contribution is 2.13. The van der Waals surface area contributed by atoms with Crippen molar-refractivity contribution in [3.8, 4) is 0 Å². The quantitative estimate of drug-likeness (QED) is 0.0203. The van der Waals surface area contributed by atoms with Gasteiger partial charge in [0.15, 0.2) is 6.10 Å². The predicted octanol–water partition coefficient (Wildman–Crippen LogP) is 14.6. The molecule has 0 aromatic heterocycles. The van der Waals surface area contributed by atoms with E-state index in [9.17, 15) is 14.4 Å². The molecule has 0 saturated heterocycles. The van der Waals surface area contributed by atoms with Crippen LogP contribution in [-0.4, -0.2) is 37.2 Å². The van der Waals surface area contributed by atoms with Gasteiger partial charge in [0.2, 0.25) is 0 Å². The van der Waals surface area contributed by atoms with E-state index in [0.29, 0.717) is 19.3 Å². The summed E-state index contributed by atoms with van der Waals surface area (Å²) in [6.07, 6.45) is 58.1. The number of allylic oxidation sites excluding steroid dienone is 16. The molecule has 0 aliphatic carbocycles. The monoisotopic (exact) mass is 791 g/mol. The zero-order chi connectivity index (χ0) is 41.5. The maximum Gasteiger partial charge on any atom is 0.306 e. The van der Waals surface area contributed by atoms with Crippen LogP contribution in [0.3, 0.4) is 0 Å². The summed E-state index contributed by atoms with van der Waals surface area (Å²) in [6.45, 7) is 6.36. The van der Waals surface area contributed by atoms with Gasteiger partial charge in [0, 0.05) is 19.3 Å². The molecule has 0 amide bonds. The third-order valence-corrected chi connectivity index (χ3v) is 9.27. The molecule has 0 radical (unpaired) electrons. The van der Waals surface area contributed by atoms with Crippen LogP contribution in [-0.2, 0) is 28.6 Å². The van der Waals surface area contributed by atoms with Crippen LogP contribution < -0.4 is 0 Å². The summed E-state index contributed by atoms with van der Waals surface area (Å²) >= 11 is 0. The standard InChI is InChI=1S/C51H82O6/c1-4-7-10-13-16-19-21-22-23-24-25-26-27-28-30-32-35-38-41-44-50(53)56-47-48(46-55-49(52)43-40-37-34-31-18-15-12-9-6-3)57-51(54)45-42-39-36-33-29-20-17-14-11-8-5-2/h7,10,13-14,16-17,19,21-28,30,48H,4-6,8-9,11-12,15,18,20,29,31-47H2,1-3H3/b10-7-,16-13-,17-14-,21-19-,23-22-,25-24+,27-26-,30-28-. The van der Waals surface area contributed by atoms with E-state index in [1.807, 2.05) is 72.9 Å². The third-order valence-electron chi connectivity index (χ3n) is 9.27. The zero-order valence-electron chi connectivity index (χ0n) is 36.6. The van der Waals surface area contributed by atoms with Gasteiger partial charge in [-0.15, -0.1) is 0 Å². The van der Waals surface area contributed by atoms with E-state index in [4.69, 9.17) is 14.2 Å². The first-order valence-corrected chi connectivity index (χ1v) is 22.8. The second kappa shape index (κ2) is 45.0. The van der Waals surface area contributed by atoms with Crippen LogP contribution in [0, 0.1) is 0 Å². The van der Waals surface area contributed by atoms with Crippen LogP contribution >= 0.6 is 0 Å². The third kappa shape index (κ3) is 43.3. The van der Waals surface area contributed by atoms with E-state index in [2.05, 4.69) is 45.1 Å². The molecular formula is C51H82O6. The Morgan fingerprint density at radius 3 is 1.19 bits per heavy atom. The van der Waals surface area contributed by atoms with E-state index in [1.54, 1.807) is 0 Å². The maximum absolute atomic E-state index is 12.7. The summed E-state index contributed by atoms with van der Waals surface area (Å²) in [5.41, 5.74) is 0. The first-order chi connectivity index (χ1) is 28.0. The SMILES string of the molecule is CC\C=C/C=C\C=C/C=C\C=C\C=C/C=C\CCCCCC(=O)OCC(COC(=O)CCCCCCCCCCC)OC(=O)CCCCCCC/C=C\CCCC. The Morgan fingerprint density at radius 2 is 0.719 bits per heavy atom. The molecule has 0 N–H and O–H groups in total. The smallest absolute Gasteiger partial charge is 0.306 e. The highest BCUT2D eigenvalue weighted by molar-refractivity contribution is 5.71.